The first-order valence-corrected chi connectivity index (χ1v) is 7.80. The highest BCUT2D eigenvalue weighted by molar-refractivity contribution is 5.88. The minimum Gasteiger partial charge on any atom is -0.478 e. The third-order valence-corrected chi connectivity index (χ3v) is 4.07. The largest absolute Gasteiger partial charge is 0.478 e. The Kier molecular flexibility index (Phi) is 4.66. The number of aryl methyl sites for hydroxylation is 1. The number of benzene rings is 1. The van der Waals surface area contributed by atoms with Gasteiger partial charge in [0.1, 0.15) is 17.6 Å². The number of hydrogen-bond donors (Lipinski definition) is 1. The van der Waals surface area contributed by atoms with Crippen LogP contribution in [-0.2, 0) is 16.0 Å². The molecule has 2 heterocycles. The average Bonchev–Trinajstić information content (AvgIpc) is 3.01. The van der Waals surface area contributed by atoms with Crippen LogP contribution in [0.25, 0.3) is 0 Å². The minimum atomic E-state index is -1.00. The van der Waals surface area contributed by atoms with Crippen molar-refractivity contribution in [3.05, 3.63) is 59.0 Å². The van der Waals surface area contributed by atoms with Crippen molar-refractivity contribution in [3.8, 4) is 0 Å². The molecule has 1 amide bonds. The Hall–Kier alpha value is -2.60. The summed E-state index contributed by atoms with van der Waals surface area (Å²) < 4.78 is 11.1. The maximum atomic E-state index is 12.7. The van der Waals surface area contributed by atoms with Crippen molar-refractivity contribution in [2.45, 2.75) is 19.4 Å². The van der Waals surface area contributed by atoms with Gasteiger partial charge in [0.25, 0.3) is 0 Å². The Balaban J connectivity index is 1.77. The highest BCUT2D eigenvalue weighted by atomic mass is 16.5. The van der Waals surface area contributed by atoms with Crippen molar-refractivity contribution in [1.82, 2.24) is 4.90 Å². The van der Waals surface area contributed by atoms with Gasteiger partial charge in [-0.1, -0.05) is 12.1 Å². The molecule has 1 fully saturated rings. The zero-order chi connectivity index (χ0) is 17.1. The molecule has 0 bridgehead atoms. The highest BCUT2D eigenvalue weighted by Gasteiger charge is 2.30. The summed E-state index contributed by atoms with van der Waals surface area (Å²) in [5, 5.41) is 9.06. The first kappa shape index (κ1) is 16.3. The van der Waals surface area contributed by atoms with E-state index in [0.717, 1.165) is 5.76 Å². The molecule has 3 rings (SSSR count). The van der Waals surface area contributed by atoms with Gasteiger partial charge in [-0.3, -0.25) is 4.79 Å². The maximum absolute atomic E-state index is 12.7. The van der Waals surface area contributed by atoms with E-state index in [1.165, 1.54) is 12.1 Å². The van der Waals surface area contributed by atoms with Crippen molar-refractivity contribution in [2.75, 3.05) is 19.8 Å². The van der Waals surface area contributed by atoms with Gasteiger partial charge in [0.2, 0.25) is 5.91 Å². The van der Waals surface area contributed by atoms with Crippen LogP contribution >= 0.6 is 0 Å². The third kappa shape index (κ3) is 3.49. The molecule has 0 radical (unpaired) electrons. The quantitative estimate of drug-likeness (QED) is 0.932. The molecule has 1 saturated heterocycles. The number of aromatic carboxylic acids is 1. The summed E-state index contributed by atoms with van der Waals surface area (Å²) in [7, 11) is 0. The van der Waals surface area contributed by atoms with Gasteiger partial charge in [-0.15, -0.1) is 0 Å². The number of hydrogen-bond acceptors (Lipinski definition) is 4. The second-order valence-electron chi connectivity index (χ2n) is 5.81. The van der Waals surface area contributed by atoms with E-state index in [-0.39, 0.29) is 23.9 Å². The fourth-order valence-corrected chi connectivity index (χ4v) is 2.86. The number of carboxylic acid groups (broad SMARTS) is 1. The summed E-state index contributed by atoms with van der Waals surface area (Å²) >= 11 is 0. The molecule has 0 spiro atoms. The molecule has 1 aliphatic rings. The Morgan fingerprint density at radius 1 is 1.29 bits per heavy atom. The first-order chi connectivity index (χ1) is 11.5. The lowest BCUT2D eigenvalue weighted by Gasteiger charge is -2.34. The summed E-state index contributed by atoms with van der Waals surface area (Å²) in [6.07, 6.45) is 0.150. The van der Waals surface area contributed by atoms with Gasteiger partial charge in [0, 0.05) is 6.54 Å². The molecule has 1 N–H and O–H groups in total. The molecule has 1 unspecified atom stereocenters. The molecule has 1 aromatic carbocycles. The lowest BCUT2D eigenvalue weighted by atomic mass is 10.1. The zero-order valence-corrected chi connectivity index (χ0v) is 13.4. The summed E-state index contributed by atoms with van der Waals surface area (Å²) in [5.74, 6) is 0.427. The molecule has 0 aliphatic carbocycles. The van der Waals surface area contributed by atoms with E-state index in [4.69, 9.17) is 14.3 Å². The standard InChI is InChI=1S/C18H19NO5/c1-12-5-6-16(24-12)15-11-23-8-7-19(15)17(20)10-13-3-2-4-14(9-13)18(21)22/h2-6,9,15H,7-8,10-11H2,1H3,(H,21,22). The second-order valence-corrected chi connectivity index (χ2v) is 5.81. The van der Waals surface area contributed by atoms with Gasteiger partial charge in [0.15, 0.2) is 0 Å². The molecular formula is C18H19NO5. The summed E-state index contributed by atoms with van der Waals surface area (Å²) in [6, 6.07) is 9.94. The fraction of sp³-hybridized carbons (Fsp3) is 0.333. The van der Waals surface area contributed by atoms with Crippen molar-refractivity contribution < 1.29 is 23.8 Å². The van der Waals surface area contributed by atoms with Crippen molar-refractivity contribution in [3.63, 3.8) is 0 Å². The number of amides is 1. The summed E-state index contributed by atoms with van der Waals surface area (Å²) in [6.45, 7) is 3.23. The monoisotopic (exact) mass is 329 g/mol. The molecule has 1 aliphatic heterocycles. The van der Waals surface area contributed by atoms with Crippen LogP contribution in [0.2, 0.25) is 0 Å². The van der Waals surface area contributed by atoms with Gasteiger partial charge >= 0.3 is 5.97 Å². The number of morpholine rings is 1. The van der Waals surface area contributed by atoms with Crippen LogP contribution in [0, 0.1) is 6.92 Å². The summed E-state index contributed by atoms with van der Waals surface area (Å²) in [4.78, 5) is 25.5. The van der Waals surface area contributed by atoms with Crippen LogP contribution < -0.4 is 0 Å². The van der Waals surface area contributed by atoms with Gasteiger partial charge in [-0.2, -0.15) is 0 Å². The second kappa shape index (κ2) is 6.88. The van der Waals surface area contributed by atoms with E-state index < -0.39 is 5.97 Å². The van der Waals surface area contributed by atoms with Crippen molar-refractivity contribution >= 4 is 11.9 Å². The normalized spacial score (nSPS) is 17.7. The predicted octanol–water partition coefficient (Wildman–Crippen LogP) is 2.43. The van der Waals surface area contributed by atoms with Crippen LogP contribution in [0.4, 0.5) is 0 Å². The number of carboxylic acids is 1. The van der Waals surface area contributed by atoms with Crippen LogP contribution in [0.3, 0.4) is 0 Å². The SMILES string of the molecule is Cc1ccc(C2COCCN2C(=O)Cc2cccc(C(=O)O)c2)o1. The average molecular weight is 329 g/mol. The first-order valence-electron chi connectivity index (χ1n) is 7.80. The molecular weight excluding hydrogens is 310 g/mol. The minimum absolute atomic E-state index is 0.0695. The highest BCUT2D eigenvalue weighted by Crippen LogP contribution is 2.26. The van der Waals surface area contributed by atoms with Crippen LogP contribution in [0.15, 0.2) is 40.8 Å². The van der Waals surface area contributed by atoms with Gasteiger partial charge in [-0.05, 0) is 36.8 Å². The van der Waals surface area contributed by atoms with E-state index in [0.29, 0.717) is 31.1 Å². The Morgan fingerprint density at radius 3 is 2.83 bits per heavy atom. The van der Waals surface area contributed by atoms with E-state index in [2.05, 4.69) is 0 Å². The topological polar surface area (TPSA) is 80.0 Å². The third-order valence-electron chi connectivity index (χ3n) is 4.07. The molecule has 6 heteroatoms. The zero-order valence-electron chi connectivity index (χ0n) is 13.4. The van der Waals surface area contributed by atoms with E-state index in [1.54, 1.807) is 17.0 Å². The smallest absolute Gasteiger partial charge is 0.335 e. The van der Waals surface area contributed by atoms with Gasteiger partial charge < -0.3 is 19.2 Å². The number of ether oxygens (including phenoxy) is 1. The number of carbonyl (C=O) groups excluding carboxylic acids is 1. The van der Waals surface area contributed by atoms with Crippen LogP contribution in [0.1, 0.15) is 33.5 Å². The molecule has 0 saturated carbocycles. The number of furan rings is 1. The Labute approximate surface area is 139 Å². The molecule has 1 aromatic heterocycles. The Morgan fingerprint density at radius 2 is 2.12 bits per heavy atom. The molecule has 24 heavy (non-hydrogen) atoms. The summed E-state index contributed by atoms with van der Waals surface area (Å²) in [5.41, 5.74) is 0.862. The predicted molar refractivity (Wildman–Crippen MR) is 85.8 cm³/mol. The Bertz CT molecular complexity index is 751. The lowest BCUT2D eigenvalue weighted by molar-refractivity contribution is -0.140. The van der Waals surface area contributed by atoms with E-state index in [1.807, 2.05) is 19.1 Å². The number of carbonyl (C=O) groups is 2. The maximum Gasteiger partial charge on any atom is 0.335 e. The van der Waals surface area contributed by atoms with Gasteiger partial charge in [-0.25, -0.2) is 4.79 Å². The molecule has 126 valence electrons. The van der Waals surface area contributed by atoms with Crippen LogP contribution in [-0.4, -0.2) is 41.6 Å². The van der Waals surface area contributed by atoms with E-state index >= 15 is 0 Å². The molecule has 2 aromatic rings. The van der Waals surface area contributed by atoms with Crippen LogP contribution in [0.5, 0.6) is 0 Å². The lowest BCUT2D eigenvalue weighted by Crippen LogP contribution is -2.44. The van der Waals surface area contributed by atoms with Crippen molar-refractivity contribution in [1.29, 1.82) is 0 Å². The number of nitrogens with zero attached hydrogens (tertiary/aromatic N) is 1. The fourth-order valence-electron chi connectivity index (χ4n) is 2.86. The van der Waals surface area contributed by atoms with Crippen molar-refractivity contribution in [2.24, 2.45) is 0 Å². The van der Waals surface area contributed by atoms with Gasteiger partial charge in [0.05, 0.1) is 25.2 Å². The number of rotatable bonds is 4. The molecule has 6 nitrogen and oxygen atoms in total. The van der Waals surface area contributed by atoms with E-state index in [9.17, 15) is 9.59 Å². The molecule has 1 atom stereocenters.